The first kappa shape index (κ1) is 16.0. The van der Waals surface area contributed by atoms with Gasteiger partial charge in [0.2, 0.25) is 0 Å². The summed E-state index contributed by atoms with van der Waals surface area (Å²) in [6.45, 7) is 14.0. The maximum absolute atomic E-state index is 4.60. The van der Waals surface area contributed by atoms with E-state index < -0.39 is 0 Å². The third kappa shape index (κ3) is 5.60. The molecule has 0 aromatic carbocycles. The van der Waals surface area contributed by atoms with Crippen molar-refractivity contribution in [3.05, 3.63) is 23.9 Å². The van der Waals surface area contributed by atoms with Crippen LogP contribution < -0.4 is 10.2 Å². The lowest BCUT2D eigenvalue weighted by Gasteiger charge is -2.27. The van der Waals surface area contributed by atoms with E-state index in [-0.39, 0.29) is 5.54 Å². The number of aromatic nitrogens is 1. The molecule has 0 aliphatic heterocycles. The second-order valence-corrected chi connectivity index (χ2v) is 6.08. The van der Waals surface area contributed by atoms with Crippen LogP contribution in [0.3, 0.4) is 0 Å². The van der Waals surface area contributed by atoms with E-state index in [0.29, 0.717) is 0 Å². The van der Waals surface area contributed by atoms with Crippen LogP contribution in [0.4, 0.5) is 5.82 Å². The molecule has 0 bridgehead atoms. The molecule has 3 heteroatoms. The Hall–Kier alpha value is -1.09. The quantitative estimate of drug-likeness (QED) is 0.814. The summed E-state index contributed by atoms with van der Waals surface area (Å²) in [5.74, 6) is 1.14. The Morgan fingerprint density at radius 3 is 2.32 bits per heavy atom. The Balaban J connectivity index is 2.86. The zero-order chi connectivity index (χ0) is 14.3. The summed E-state index contributed by atoms with van der Waals surface area (Å²) in [7, 11) is 0. The molecule has 0 amide bonds. The van der Waals surface area contributed by atoms with Crippen LogP contribution in [0, 0.1) is 0 Å². The van der Waals surface area contributed by atoms with E-state index in [1.807, 2.05) is 12.3 Å². The van der Waals surface area contributed by atoms with Gasteiger partial charge in [-0.05, 0) is 39.7 Å². The van der Waals surface area contributed by atoms with Gasteiger partial charge in [-0.1, -0.05) is 19.9 Å². The number of rotatable bonds is 7. The molecule has 1 aromatic heterocycles. The van der Waals surface area contributed by atoms with Gasteiger partial charge in [-0.15, -0.1) is 0 Å². The lowest BCUT2D eigenvalue weighted by atomic mass is 10.1. The Bertz CT molecular complexity index is 363. The summed E-state index contributed by atoms with van der Waals surface area (Å²) >= 11 is 0. The summed E-state index contributed by atoms with van der Waals surface area (Å²) < 4.78 is 0. The highest BCUT2D eigenvalue weighted by Crippen LogP contribution is 2.18. The molecule has 0 radical (unpaired) electrons. The molecule has 1 N–H and O–H groups in total. The minimum absolute atomic E-state index is 0.132. The van der Waals surface area contributed by atoms with Crippen LogP contribution in [-0.2, 0) is 6.54 Å². The number of pyridine rings is 1. The lowest BCUT2D eigenvalue weighted by molar-refractivity contribution is 0.424. The summed E-state index contributed by atoms with van der Waals surface area (Å²) in [5, 5.41) is 3.55. The lowest BCUT2D eigenvalue weighted by Crippen LogP contribution is -2.36. The highest BCUT2D eigenvalue weighted by atomic mass is 15.2. The molecule has 0 saturated heterocycles. The zero-order valence-electron chi connectivity index (χ0n) is 13.2. The number of anilines is 1. The predicted molar refractivity (Wildman–Crippen MR) is 83.6 cm³/mol. The van der Waals surface area contributed by atoms with Gasteiger partial charge in [0.1, 0.15) is 5.82 Å². The molecule has 0 aliphatic rings. The normalized spacial score (nSPS) is 11.6. The smallest absolute Gasteiger partial charge is 0.133 e. The maximum atomic E-state index is 4.60. The molecule has 1 rings (SSSR count). The van der Waals surface area contributed by atoms with Gasteiger partial charge in [0.15, 0.2) is 0 Å². The summed E-state index contributed by atoms with van der Waals surface area (Å²) in [4.78, 5) is 7.01. The van der Waals surface area contributed by atoms with Crippen molar-refractivity contribution < 1.29 is 0 Å². The fourth-order valence-electron chi connectivity index (χ4n) is 2.08. The van der Waals surface area contributed by atoms with E-state index in [1.165, 1.54) is 5.56 Å². The van der Waals surface area contributed by atoms with Gasteiger partial charge in [-0.3, -0.25) is 0 Å². The second-order valence-electron chi connectivity index (χ2n) is 6.08. The van der Waals surface area contributed by atoms with Crippen molar-refractivity contribution in [2.45, 2.75) is 59.5 Å². The maximum Gasteiger partial charge on any atom is 0.133 e. The first-order valence-electron chi connectivity index (χ1n) is 7.41. The molecule has 0 spiro atoms. The Morgan fingerprint density at radius 2 is 1.79 bits per heavy atom. The third-order valence-corrected chi connectivity index (χ3v) is 2.96. The van der Waals surface area contributed by atoms with Crippen LogP contribution in [0.1, 0.15) is 53.0 Å². The standard InChI is InChI=1S/C16H29N3/c1-6-11-19(12-7-2)15-14(9-8-10-17-15)13-18-16(3,4)5/h8-10,18H,6-7,11-13H2,1-5H3. The highest BCUT2D eigenvalue weighted by Gasteiger charge is 2.14. The number of hydrogen-bond acceptors (Lipinski definition) is 3. The van der Waals surface area contributed by atoms with Crippen LogP contribution in [0.2, 0.25) is 0 Å². The van der Waals surface area contributed by atoms with Crippen molar-refractivity contribution in [2.75, 3.05) is 18.0 Å². The molecule has 3 nitrogen and oxygen atoms in total. The van der Waals surface area contributed by atoms with Crippen molar-refractivity contribution in [1.82, 2.24) is 10.3 Å². The SMILES string of the molecule is CCCN(CCC)c1ncccc1CNC(C)(C)C. The molecule has 1 heterocycles. The van der Waals surface area contributed by atoms with Crippen molar-refractivity contribution in [3.63, 3.8) is 0 Å². The van der Waals surface area contributed by atoms with Crippen LogP contribution >= 0.6 is 0 Å². The topological polar surface area (TPSA) is 28.2 Å². The Labute approximate surface area is 118 Å². The summed E-state index contributed by atoms with van der Waals surface area (Å²) in [5.41, 5.74) is 1.42. The number of hydrogen-bond donors (Lipinski definition) is 1. The highest BCUT2D eigenvalue weighted by molar-refractivity contribution is 5.46. The average molecular weight is 263 g/mol. The summed E-state index contributed by atoms with van der Waals surface area (Å²) in [6, 6.07) is 4.21. The van der Waals surface area contributed by atoms with E-state index in [1.54, 1.807) is 0 Å². The van der Waals surface area contributed by atoms with Gasteiger partial charge in [-0.2, -0.15) is 0 Å². The van der Waals surface area contributed by atoms with Crippen molar-refractivity contribution in [3.8, 4) is 0 Å². The first-order valence-corrected chi connectivity index (χ1v) is 7.41. The van der Waals surface area contributed by atoms with Gasteiger partial charge in [0.25, 0.3) is 0 Å². The van der Waals surface area contributed by atoms with E-state index in [4.69, 9.17) is 0 Å². The Kier molecular flexibility index (Phi) is 6.29. The van der Waals surface area contributed by atoms with Crippen molar-refractivity contribution in [1.29, 1.82) is 0 Å². The first-order chi connectivity index (χ1) is 8.98. The molecule has 0 saturated carbocycles. The van der Waals surface area contributed by atoms with Crippen LogP contribution in [0.25, 0.3) is 0 Å². The third-order valence-electron chi connectivity index (χ3n) is 2.96. The fraction of sp³-hybridized carbons (Fsp3) is 0.688. The number of nitrogens with zero attached hydrogens (tertiary/aromatic N) is 2. The minimum atomic E-state index is 0.132. The molecule has 0 unspecified atom stereocenters. The number of nitrogens with one attached hydrogen (secondary N) is 1. The van der Waals surface area contributed by atoms with E-state index in [9.17, 15) is 0 Å². The van der Waals surface area contributed by atoms with Crippen LogP contribution in [0.15, 0.2) is 18.3 Å². The molecule has 1 aromatic rings. The van der Waals surface area contributed by atoms with Crippen LogP contribution in [0.5, 0.6) is 0 Å². The molecule has 0 aliphatic carbocycles. The molecular weight excluding hydrogens is 234 g/mol. The molecule has 108 valence electrons. The van der Waals surface area contributed by atoms with E-state index in [2.05, 4.69) is 55.9 Å². The molecule has 19 heavy (non-hydrogen) atoms. The van der Waals surface area contributed by atoms with Gasteiger partial charge in [-0.25, -0.2) is 4.98 Å². The predicted octanol–water partition coefficient (Wildman–Crippen LogP) is 3.60. The average Bonchev–Trinajstić information content (AvgIpc) is 2.36. The van der Waals surface area contributed by atoms with Crippen LogP contribution in [-0.4, -0.2) is 23.6 Å². The van der Waals surface area contributed by atoms with Crippen molar-refractivity contribution in [2.24, 2.45) is 0 Å². The monoisotopic (exact) mass is 263 g/mol. The van der Waals surface area contributed by atoms with Gasteiger partial charge in [0, 0.05) is 36.9 Å². The van der Waals surface area contributed by atoms with E-state index >= 15 is 0 Å². The molecule has 0 fully saturated rings. The molecule has 0 atom stereocenters. The van der Waals surface area contributed by atoms with E-state index in [0.717, 1.165) is 38.3 Å². The Morgan fingerprint density at radius 1 is 1.16 bits per heavy atom. The fourth-order valence-corrected chi connectivity index (χ4v) is 2.08. The minimum Gasteiger partial charge on any atom is -0.356 e. The van der Waals surface area contributed by atoms with Gasteiger partial charge >= 0.3 is 0 Å². The molecular formula is C16H29N3. The summed E-state index contributed by atoms with van der Waals surface area (Å²) in [6.07, 6.45) is 4.21. The zero-order valence-corrected chi connectivity index (χ0v) is 13.2. The van der Waals surface area contributed by atoms with Crippen molar-refractivity contribution >= 4 is 5.82 Å². The van der Waals surface area contributed by atoms with Gasteiger partial charge < -0.3 is 10.2 Å². The van der Waals surface area contributed by atoms with Gasteiger partial charge in [0.05, 0.1) is 0 Å². The largest absolute Gasteiger partial charge is 0.356 e. The second kappa shape index (κ2) is 7.49.